The van der Waals surface area contributed by atoms with Gasteiger partial charge in [-0.15, -0.1) is 0 Å². The predicted molar refractivity (Wildman–Crippen MR) is 136 cm³/mol. The normalized spacial score (nSPS) is 17.4. The fraction of sp³-hybridized carbons (Fsp3) is 0.333. The molecule has 0 aliphatic carbocycles. The third-order valence-corrected chi connectivity index (χ3v) is 6.50. The zero-order valence-corrected chi connectivity index (χ0v) is 21.3. The molecule has 1 aliphatic heterocycles. The van der Waals surface area contributed by atoms with Crippen LogP contribution in [0.1, 0.15) is 19.0 Å². The molecule has 2 N–H and O–H groups in total. The number of aryl methyl sites for hydroxylation is 1. The fourth-order valence-electron chi connectivity index (χ4n) is 4.30. The van der Waals surface area contributed by atoms with Gasteiger partial charge >= 0.3 is 6.18 Å². The summed E-state index contributed by atoms with van der Waals surface area (Å²) >= 11 is 6.30. The average molecular weight is 550 g/mol. The minimum atomic E-state index is -4.60. The molecule has 200 valence electrons. The van der Waals surface area contributed by atoms with Gasteiger partial charge in [0.25, 0.3) is 11.5 Å². The van der Waals surface area contributed by atoms with Crippen molar-refractivity contribution < 1.29 is 22.6 Å². The topological polar surface area (TPSA) is 108 Å². The molecule has 4 aromatic rings. The van der Waals surface area contributed by atoms with Crippen LogP contribution in [0, 0.1) is 0 Å². The molecule has 0 radical (unpaired) electrons. The minimum absolute atomic E-state index is 0.102. The number of halogens is 4. The van der Waals surface area contributed by atoms with E-state index < -0.39 is 17.4 Å². The molecule has 0 amide bonds. The van der Waals surface area contributed by atoms with Crippen molar-refractivity contribution in [3.8, 4) is 11.7 Å². The molecule has 14 heteroatoms. The van der Waals surface area contributed by atoms with Crippen molar-refractivity contribution >= 4 is 39.7 Å². The van der Waals surface area contributed by atoms with Crippen LogP contribution in [-0.4, -0.2) is 50.2 Å². The van der Waals surface area contributed by atoms with Crippen LogP contribution in [0.4, 0.5) is 30.4 Å². The number of fused-ring (bicyclic) bond motifs is 3. The van der Waals surface area contributed by atoms with E-state index in [9.17, 15) is 18.0 Å². The Kier molecular flexibility index (Phi) is 6.43. The molecule has 1 atom stereocenters. The summed E-state index contributed by atoms with van der Waals surface area (Å²) in [5.41, 5.74) is -0.0740. The summed E-state index contributed by atoms with van der Waals surface area (Å²) in [4.78, 5) is 21.3. The lowest BCUT2D eigenvalue weighted by atomic mass is 9.98. The van der Waals surface area contributed by atoms with E-state index in [-0.39, 0.29) is 28.1 Å². The van der Waals surface area contributed by atoms with Crippen LogP contribution < -0.4 is 20.9 Å². The van der Waals surface area contributed by atoms with Gasteiger partial charge in [-0.1, -0.05) is 11.6 Å². The number of alkyl halides is 3. The Bertz CT molecular complexity index is 1590. The molecule has 0 spiro atoms. The molecule has 38 heavy (non-hydrogen) atoms. The maximum Gasteiger partial charge on any atom is 0.435 e. The van der Waals surface area contributed by atoms with Crippen LogP contribution in [0.15, 0.2) is 41.5 Å². The van der Waals surface area contributed by atoms with E-state index in [0.717, 1.165) is 16.9 Å². The summed E-state index contributed by atoms with van der Waals surface area (Å²) in [6.07, 6.45) is -1.60. The molecule has 1 aromatic carbocycles. The Labute approximate surface area is 219 Å². The molecular weight excluding hydrogens is 527 g/mol. The van der Waals surface area contributed by atoms with Gasteiger partial charge in [0.05, 0.1) is 36.2 Å². The molecule has 1 unspecified atom stereocenters. The highest BCUT2D eigenvalue weighted by Crippen LogP contribution is 2.37. The van der Waals surface area contributed by atoms with Crippen LogP contribution in [-0.2, 0) is 18.0 Å². The van der Waals surface area contributed by atoms with Gasteiger partial charge in [0, 0.05) is 37.8 Å². The zero-order valence-electron chi connectivity index (χ0n) is 20.6. The van der Waals surface area contributed by atoms with Gasteiger partial charge < -0.3 is 24.7 Å². The lowest BCUT2D eigenvalue weighted by molar-refractivity contribution is -0.141. The van der Waals surface area contributed by atoms with Crippen molar-refractivity contribution in [1.29, 1.82) is 0 Å². The second kappa shape index (κ2) is 9.48. The smallest absolute Gasteiger partial charge is 0.435 e. The Balaban J connectivity index is 1.56. The number of aromatic nitrogens is 5. The van der Waals surface area contributed by atoms with Gasteiger partial charge in [-0.2, -0.15) is 23.3 Å². The quantitative estimate of drug-likeness (QED) is 0.374. The third-order valence-electron chi connectivity index (χ3n) is 6.22. The maximum absolute atomic E-state index is 13.0. The second-order valence-corrected chi connectivity index (χ2v) is 9.56. The van der Waals surface area contributed by atoms with Crippen LogP contribution in [0.3, 0.4) is 0 Å². The van der Waals surface area contributed by atoms with Gasteiger partial charge in [-0.05, 0) is 31.2 Å². The number of nitrogens with zero attached hydrogens (tertiary/aromatic N) is 5. The molecule has 10 nitrogen and oxygen atoms in total. The van der Waals surface area contributed by atoms with Crippen molar-refractivity contribution in [2.75, 3.05) is 31.0 Å². The van der Waals surface area contributed by atoms with E-state index in [0.29, 0.717) is 41.9 Å². The van der Waals surface area contributed by atoms with Crippen molar-refractivity contribution in [1.82, 2.24) is 24.3 Å². The fourth-order valence-corrected chi connectivity index (χ4v) is 4.44. The largest absolute Gasteiger partial charge is 0.486 e. The lowest BCUT2D eigenvalue weighted by Gasteiger charge is -2.29. The monoisotopic (exact) mass is 549 g/mol. The van der Waals surface area contributed by atoms with Crippen molar-refractivity contribution in [2.45, 2.75) is 25.1 Å². The lowest BCUT2D eigenvalue weighted by Crippen LogP contribution is -2.39. The molecule has 0 fully saturated rings. The Hall–Kier alpha value is -3.84. The Morgan fingerprint density at radius 2 is 2.11 bits per heavy atom. The summed E-state index contributed by atoms with van der Waals surface area (Å²) in [7, 11) is 3.27. The number of benzene rings is 1. The Morgan fingerprint density at radius 1 is 1.32 bits per heavy atom. The van der Waals surface area contributed by atoms with E-state index >= 15 is 0 Å². The van der Waals surface area contributed by atoms with Gasteiger partial charge in [0.2, 0.25) is 5.75 Å². The van der Waals surface area contributed by atoms with E-state index in [1.807, 2.05) is 6.92 Å². The summed E-state index contributed by atoms with van der Waals surface area (Å²) in [6, 6.07) is 6.12. The third kappa shape index (κ3) is 4.74. The first-order chi connectivity index (χ1) is 18.0. The molecule has 5 rings (SSSR count). The number of anilines is 3. The van der Waals surface area contributed by atoms with E-state index in [4.69, 9.17) is 21.1 Å². The highest BCUT2D eigenvalue weighted by molar-refractivity contribution is 6.32. The summed E-state index contributed by atoms with van der Waals surface area (Å²) in [5, 5.41) is 10.9. The summed E-state index contributed by atoms with van der Waals surface area (Å²) in [5.74, 6) is 0.262. The van der Waals surface area contributed by atoms with Crippen molar-refractivity contribution in [2.24, 2.45) is 7.05 Å². The van der Waals surface area contributed by atoms with Crippen LogP contribution in [0.5, 0.6) is 5.75 Å². The zero-order chi connectivity index (χ0) is 27.2. The Morgan fingerprint density at radius 3 is 2.82 bits per heavy atom. The summed E-state index contributed by atoms with van der Waals surface area (Å²) in [6.45, 7) is 2.72. The maximum atomic E-state index is 13.0. The SMILES string of the molecule is COCC1(C)CCOc2c(c3cc(Nc4nc(-n5ccc(C(F)(F)F)n5)ncc4Cl)ccc3n(C)c2=O)N1. The summed E-state index contributed by atoms with van der Waals surface area (Å²) < 4.78 is 52.6. The second-order valence-electron chi connectivity index (χ2n) is 9.15. The molecule has 0 saturated carbocycles. The van der Waals surface area contributed by atoms with Crippen LogP contribution >= 0.6 is 11.6 Å². The first-order valence-corrected chi connectivity index (χ1v) is 11.9. The number of pyridine rings is 1. The molecule has 0 bridgehead atoms. The van der Waals surface area contributed by atoms with Gasteiger partial charge in [0.15, 0.2) is 11.5 Å². The molecule has 4 heterocycles. The first kappa shape index (κ1) is 25.8. The highest BCUT2D eigenvalue weighted by atomic mass is 35.5. The first-order valence-electron chi connectivity index (χ1n) is 11.5. The predicted octanol–water partition coefficient (Wildman–Crippen LogP) is 4.53. The van der Waals surface area contributed by atoms with E-state index in [1.165, 1.54) is 10.8 Å². The number of hydrogen-bond donors (Lipinski definition) is 2. The number of ether oxygens (including phenoxy) is 2. The number of nitrogens with one attached hydrogen (secondary N) is 2. The average Bonchev–Trinajstić information content (AvgIpc) is 3.30. The molecule has 3 aromatic heterocycles. The molecule has 0 saturated heterocycles. The van der Waals surface area contributed by atoms with E-state index in [1.54, 1.807) is 32.4 Å². The van der Waals surface area contributed by atoms with Crippen molar-refractivity contribution in [3.05, 3.63) is 57.7 Å². The number of methoxy groups -OCH3 is 1. The number of hydrogen-bond acceptors (Lipinski definition) is 8. The van der Waals surface area contributed by atoms with Crippen LogP contribution in [0.25, 0.3) is 16.9 Å². The molecule has 1 aliphatic rings. The molecular formula is C24H23ClF3N7O3. The van der Waals surface area contributed by atoms with Crippen LogP contribution in [0.2, 0.25) is 5.02 Å². The highest BCUT2D eigenvalue weighted by Gasteiger charge is 2.34. The van der Waals surface area contributed by atoms with Gasteiger partial charge in [-0.3, -0.25) is 4.79 Å². The van der Waals surface area contributed by atoms with E-state index in [2.05, 4.69) is 25.7 Å². The minimum Gasteiger partial charge on any atom is -0.486 e. The van der Waals surface area contributed by atoms with Gasteiger partial charge in [0.1, 0.15) is 5.02 Å². The standard InChI is InChI=1S/C24H23ClF3N7O3/c1-23(12-37-3)7-9-38-19-18(32-23)14-10-13(4-5-16(14)34(2)21(19)36)30-20-15(25)11-29-22(31-20)35-8-6-17(33-35)24(26,27)28/h4-6,8,10-11,32H,7,9,12H2,1-3H3,(H,29,30,31). The van der Waals surface area contributed by atoms with Crippen molar-refractivity contribution in [3.63, 3.8) is 0 Å². The van der Waals surface area contributed by atoms with Gasteiger partial charge in [-0.25, -0.2) is 9.67 Å². The number of rotatable bonds is 5.